The highest BCUT2D eigenvalue weighted by atomic mass is 32.1. The summed E-state index contributed by atoms with van der Waals surface area (Å²) < 4.78 is 0. The maximum Gasteiger partial charge on any atom is 0.220 e. The zero-order valence-corrected chi connectivity index (χ0v) is 13.4. The van der Waals surface area contributed by atoms with Gasteiger partial charge in [-0.25, -0.2) is 0 Å². The van der Waals surface area contributed by atoms with Crippen molar-refractivity contribution in [1.29, 1.82) is 0 Å². The Bertz CT molecular complexity index is 424. The zero-order valence-electron chi connectivity index (χ0n) is 12.6. The summed E-state index contributed by atoms with van der Waals surface area (Å²) in [7, 11) is 0. The van der Waals surface area contributed by atoms with Gasteiger partial charge in [-0.15, -0.1) is 11.3 Å². The van der Waals surface area contributed by atoms with Crippen LogP contribution in [0.1, 0.15) is 42.9 Å². The van der Waals surface area contributed by atoms with Crippen molar-refractivity contribution in [2.75, 3.05) is 13.1 Å². The van der Waals surface area contributed by atoms with E-state index in [1.54, 1.807) is 11.3 Å². The monoisotopic (exact) mass is 294 g/mol. The van der Waals surface area contributed by atoms with Crippen molar-refractivity contribution in [3.8, 4) is 0 Å². The van der Waals surface area contributed by atoms with E-state index >= 15 is 0 Å². The molecule has 0 aliphatic carbocycles. The summed E-state index contributed by atoms with van der Waals surface area (Å²) in [6, 6.07) is 4.28. The number of thiophene rings is 1. The summed E-state index contributed by atoms with van der Waals surface area (Å²) in [5, 5.41) is 6.48. The minimum absolute atomic E-state index is 0.189. The molecule has 0 saturated carbocycles. The minimum Gasteiger partial charge on any atom is -0.351 e. The third-order valence-electron chi connectivity index (χ3n) is 4.17. The van der Waals surface area contributed by atoms with Crippen molar-refractivity contribution in [1.82, 2.24) is 10.6 Å². The topological polar surface area (TPSA) is 41.1 Å². The number of hydrogen-bond donors (Lipinski definition) is 2. The smallest absolute Gasteiger partial charge is 0.220 e. The normalized spacial score (nSPS) is 20.6. The molecule has 2 rings (SSSR count). The lowest BCUT2D eigenvalue weighted by Gasteiger charge is -2.27. The van der Waals surface area contributed by atoms with Crippen LogP contribution in [0, 0.1) is 11.8 Å². The number of amides is 1. The van der Waals surface area contributed by atoms with Crippen LogP contribution >= 0.6 is 11.3 Å². The van der Waals surface area contributed by atoms with Crippen molar-refractivity contribution in [2.24, 2.45) is 11.8 Å². The SMILES string of the molecule is CCc1ccc(CNC(=O)CC(C)C2CCCNC2)s1. The first-order valence-corrected chi connectivity index (χ1v) is 8.55. The van der Waals surface area contributed by atoms with Gasteiger partial charge in [0.2, 0.25) is 5.91 Å². The molecule has 0 bridgehead atoms. The number of nitrogens with one attached hydrogen (secondary N) is 2. The minimum atomic E-state index is 0.189. The van der Waals surface area contributed by atoms with Crippen molar-refractivity contribution < 1.29 is 4.79 Å². The van der Waals surface area contributed by atoms with Gasteiger partial charge in [0.25, 0.3) is 0 Å². The molecular formula is C16H26N2OS. The van der Waals surface area contributed by atoms with E-state index in [0.29, 0.717) is 24.8 Å². The Labute approximate surface area is 126 Å². The molecule has 2 N–H and O–H groups in total. The van der Waals surface area contributed by atoms with E-state index in [2.05, 4.69) is 36.6 Å². The summed E-state index contributed by atoms with van der Waals surface area (Å²) in [4.78, 5) is 14.7. The van der Waals surface area contributed by atoms with Gasteiger partial charge in [0.15, 0.2) is 0 Å². The Morgan fingerprint density at radius 2 is 2.30 bits per heavy atom. The fourth-order valence-corrected chi connectivity index (χ4v) is 3.69. The number of rotatable bonds is 6. The maximum atomic E-state index is 12.0. The van der Waals surface area contributed by atoms with Crippen LogP contribution in [-0.4, -0.2) is 19.0 Å². The Balaban J connectivity index is 1.71. The highest BCUT2D eigenvalue weighted by Crippen LogP contribution is 2.22. The molecular weight excluding hydrogens is 268 g/mol. The largest absolute Gasteiger partial charge is 0.351 e. The molecule has 1 aromatic rings. The average molecular weight is 294 g/mol. The Kier molecular flexibility index (Phi) is 6.05. The lowest BCUT2D eigenvalue weighted by molar-refractivity contribution is -0.122. The van der Waals surface area contributed by atoms with Crippen molar-refractivity contribution in [2.45, 2.75) is 46.1 Å². The van der Waals surface area contributed by atoms with Crippen molar-refractivity contribution in [3.05, 3.63) is 21.9 Å². The van der Waals surface area contributed by atoms with Crippen LogP contribution in [0.5, 0.6) is 0 Å². The van der Waals surface area contributed by atoms with Gasteiger partial charge in [0.1, 0.15) is 0 Å². The van der Waals surface area contributed by atoms with E-state index in [1.165, 1.54) is 22.6 Å². The van der Waals surface area contributed by atoms with Crippen molar-refractivity contribution in [3.63, 3.8) is 0 Å². The molecule has 112 valence electrons. The second kappa shape index (κ2) is 7.79. The maximum absolute atomic E-state index is 12.0. The molecule has 1 aliphatic rings. The fraction of sp³-hybridized carbons (Fsp3) is 0.688. The predicted octanol–water partition coefficient (Wildman–Crippen LogP) is 2.95. The molecule has 0 radical (unpaired) electrons. The molecule has 20 heavy (non-hydrogen) atoms. The van der Waals surface area contributed by atoms with E-state index in [9.17, 15) is 4.79 Å². The molecule has 0 spiro atoms. The molecule has 1 aliphatic heterocycles. The van der Waals surface area contributed by atoms with Gasteiger partial charge >= 0.3 is 0 Å². The molecule has 1 fully saturated rings. The van der Waals surface area contributed by atoms with Gasteiger partial charge in [0.05, 0.1) is 6.54 Å². The van der Waals surface area contributed by atoms with Gasteiger partial charge in [-0.1, -0.05) is 13.8 Å². The number of aryl methyl sites for hydroxylation is 1. The van der Waals surface area contributed by atoms with Crippen LogP contribution in [0.2, 0.25) is 0 Å². The number of piperidine rings is 1. The van der Waals surface area contributed by atoms with E-state index in [4.69, 9.17) is 0 Å². The van der Waals surface area contributed by atoms with Gasteiger partial charge in [-0.2, -0.15) is 0 Å². The second-order valence-electron chi connectivity index (χ2n) is 5.79. The molecule has 4 heteroatoms. The van der Waals surface area contributed by atoms with Crippen LogP contribution in [0.15, 0.2) is 12.1 Å². The molecule has 1 amide bonds. The number of hydrogen-bond acceptors (Lipinski definition) is 3. The summed E-state index contributed by atoms with van der Waals surface area (Å²) in [5.74, 6) is 1.31. The number of carbonyl (C=O) groups excluding carboxylic acids is 1. The van der Waals surface area contributed by atoms with E-state index in [-0.39, 0.29) is 5.91 Å². The summed E-state index contributed by atoms with van der Waals surface area (Å²) in [6.45, 7) is 7.25. The standard InChI is InChI=1S/C16H26N2OS/c1-3-14-6-7-15(20-14)11-18-16(19)9-12(2)13-5-4-8-17-10-13/h6-7,12-13,17H,3-5,8-11H2,1-2H3,(H,18,19). The number of carbonyl (C=O) groups is 1. The average Bonchev–Trinajstić information content (AvgIpc) is 2.94. The first-order valence-electron chi connectivity index (χ1n) is 7.74. The van der Waals surface area contributed by atoms with Gasteiger partial charge in [0, 0.05) is 16.2 Å². The molecule has 2 atom stereocenters. The van der Waals surface area contributed by atoms with E-state index < -0.39 is 0 Å². The summed E-state index contributed by atoms with van der Waals surface area (Å²) in [5.41, 5.74) is 0. The molecule has 1 aromatic heterocycles. The van der Waals surface area contributed by atoms with Crippen LogP contribution < -0.4 is 10.6 Å². The zero-order chi connectivity index (χ0) is 14.4. The molecule has 2 unspecified atom stereocenters. The van der Waals surface area contributed by atoms with Crippen LogP contribution in [0.3, 0.4) is 0 Å². The van der Waals surface area contributed by atoms with E-state index in [1.807, 2.05) is 0 Å². The fourth-order valence-electron chi connectivity index (χ4n) is 2.79. The van der Waals surface area contributed by atoms with Crippen LogP contribution in [-0.2, 0) is 17.8 Å². The van der Waals surface area contributed by atoms with Crippen molar-refractivity contribution >= 4 is 17.2 Å². The Hall–Kier alpha value is -0.870. The van der Waals surface area contributed by atoms with Gasteiger partial charge < -0.3 is 10.6 Å². The van der Waals surface area contributed by atoms with Gasteiger partial charge in [-0.05, 0) is 56.3 Å². The van der Waals surface area contributed by atoms with E-state index in [0.717, 1.165) is 19.5 Å². The third kappa shape index (κ3) is 4.60. The summed E-state index contributed by atoms with van der Waals surface area (Å²) in [6.07, 6.45) is 4.22. The Morgan fingerprint density at radius 3 is 2.95 bits per heavy atom. The quantitative estimate of drug-likeness (QED) is 0.847. The predicted molar refractivity (Wildman–Crippen MR) is 84.9 cm³/mol. The lowest BCUT2D eigenvalue weighted by atomic mass is 9.85. The Morgan fingerprint density at radius 1 is 1.50 bits per heavy atom. The molecule has 2 heterocycles. The van der Waals surface area contributed by atoms with Gasteiger partial charge in [-0.3, -0.25) is 4.79 Å². The highest BCUT2D eigenvalue weighted by Gasteiger charge is 2.21. The first kappa shape index (κ1) is 15.5. The lowest BCUT2D eigenvalue weighted by Crippen LogP contribution is -2.35. The van der Waals surface area contributed by atoms with Crippen LogP contribution in [0.25, 0.3) is 0 Å². The third-order valence-corrected chi connectivity index (χ3v) is 5.40. The summed E-state index contributed by atoms with van der Waals surface area (Å²) >= 11 is 1.80. The molecule has 0 aromatic carbocycles. The van der Waals surface area contributed by atoms with Crippen LogP contribution in [0.4, 0.5) is 0 Å². The molecule has 3 nitrogen and oxygen atoms in total. The first-order chi connectivity index (χ1) is 9.69. The molecule has 1 saturated heterocycles. The second-order valence-corrected chi connectivity index (χ2v) is 7.04. The highest BCUT2D eigenvalue weighted by molar-refractivity contribution is 7.11.